The molecule has 1 heterocycles. The number of carbonyl (C=O) groups is 2. The molecule has 1 N–H and O–H groups in total. The number of aliphatic carboxylic acids is 1. The summed E-state index contributed by atoms with van der Waals surface area (Å²) in [5.74, 6) is -0.313. The first-order valence-electron chi connectivity index (χ1n) is 9.41. The normalized spacial score (nSPS) is 19.9. The van der Waals surface area contributed by atoms with Gasteiger partial charge in [0.15, 0.2) is 11.5 Å². The molecule has 0 bridgehead atoms. The van der Waals surface area contributed by atoms with E-state index in [9.17, 15) is 14.7 Å². The van der Waals surface area contributed by atoms with Gasteiger partial charge in [-0.1, -0.05) is 13.8 Å². The lowest BCUT2D eigenvalue weighted by molar-refractivity contribution is -0.143. The number of hydrogen-bond acceptors (Lipinski definition) is 4. The van der Waals surface area contributed by atoms with E-state index in [-0.39, 0.29) is 18.5 Å². The minimum atomic E-state index is -0.843. The van der Waals surface area contributed by atoms with Crippen molar-refractivity contribution in [1.29, 1.82) is 0 Å². The van der Waals surface area contributed by atoms with E-state index in [1.54, 1.807) is 23.1 Å². The molecule has 0 radical (unpaired) electrons. The highest BCUT2D eigenvalue weighted by Gasteiger charge is 2.33. The van der Waals surface area contributed by atoms with Gasteiger partial charge in [-0.15, -0.1) is 0 Å². The fraction of sp³-hybridized carbons (Fsp3) is 0.600. The minimum absolute atomic E-state index is 0.0223. The van der Waals surface area contributed by atoms with Crippen molar-refractivity contribution in [1.82, 2.24) is 4.90 Å². The number of amides is 1. The molecule has 0 spiro atoms. The first kappa shape index (κ1) is 20.1. The molecule has 2 atom stereocenters. The van der Waals surface area contributed by atoms with Crippen LogP contribution in [0.3, 0.4) is 0 Å². The molecule has 144 valence electrons. The second-order valence-electron chi connectivity index (χ2n) is 6.78. The Kier molecular flexibility index (Phi) is 7.30. The molecule has 26 heavy (non-hydrogen) atoms. The van der Waals surface area contributed by atoms with Crippen LogP contribution in [-0.2, 0) is 4.79 Å². The molecule has 1 amide bonds. The zero-order chi connectivity index (χ0) is 19.1. The number of piperidine rings is 1. The number of benzene rings is 1. The van der Waals surface area contributed by atoms with Crippen molar-refractivity contribution in [2.75, 3.05) is 19.8 Å². The van der Waals surface area contributed by atoms with Gasteiger partial charge in [0.2, 0.25) is 0 Å². The van der Waals surface area contributed by atoms with E-state index in [1.807, 2.05) is 20.8 Å². The standard InChI is InChI=1S/C20H29NO5/c1-4-10-25-17-9-8-15(12-18(17)26-11-5-2)19(22)21-13-16(20(23)24)7-6-14(21)3/h8-9,12,14,16H,4-7,10-11,13H2,1-3H3,(H,23,24). The molecule has 1 saturated heterocycles. The zero-order valence-corrected chi connectivity index (χ0v) is 15.9. The monoisotopic (exact) mass is 363 g/mol. The Morgan fingerprint density at radius 1 is 1.12 bits per heavy atom. The third-order valence-corrected chi connectivity index (χ3v) is 4.61. The maximum Gasteiger partial charge on any atom is 0.308 e. The van der Waals surface area contributed by atoms with Crippen LogP contribution >= 0.6 is 0 Å². The van der Waals surface area contributed by atoms with E-state index in [4.69, 9.17) is 9.47 Å². The van der Waals surface area contributed by atoms with Crippen molar-refractivity contribution in [3.8, 4) is 11.5 Å². The van der Waals surface area contributed by atoms with E-state index in [1.165, 1.54) is 0 Å². The van der Waals surface area contributed by atoms with Crippen LogP contribution in [0.4, 0.5) is 0 Å². The van der Waals surface area contributed by atoms with Gasteiger partial charge < -0.3 is 19.5 Å². The first-order valence-corrected chi connectivity index (χ1v) is 9.41. The summed E-state index contributed by atoms with van der Waals surface area (Å²) in [5, 5.41) is 9.28. The van der Waals surface area contributed by atoms with Crippen molar-refractivity contribution >= 4 is 11.9 Å². The highest BCUT2D eigenvalue weighted by molar-refractivity contribution is 5.95. The van der Waals surface area contributed by atoms with Gasteiger partial charge in [-0.2, -0.15) is 0 Å². The van der Waals surface area contributed by atoms with Crippen LogP contribution in [0.5, 0.6) is 11.5 Å². The first-order chi connectivity index (χ1) is 12.5. The van der Waals surface area contributed by atoms with Crippen molar-refractivity contribution in [3.05, 3.63) is 23.8 Å². The average molecular weight is 363 g/mol. The van der Waals surface area contributed by atoms with E-state index in [0.29, 0.717) is 43.1 Å². The number of carboxylic acids is 1. The molecule has 0 aromatic heterocycles. The third kappa shape index (κ3) is 4.90. The molecule has 1 fully saturated rings. The van der Waals surface area contributed by atoms with Gasteiger partial charge in [-0.25, -0.2) is 0 Å². The molecule has 2 rings (SSSR count). The van der Waals surface area contributed by atoms with Crippen molar-refractivity contribution in [3.63, 3.8) is 0 Å². The highest BCUT2D eigenvalue weighted by Crippen LogP contribution is 2.31. The second kappa shape index (κ2) is 9.46. The molecule has 1 aliphatic heterocycles. The Hall–Kier alpha value is -2.24. The summed E-state index contributed by atoms with van der Waals surface area (Å²) >= 11 is 0. The van der Waals surface area contributed by atoms with Crippen LogP contribution in [0.2, 0.25) is 0 Å². The van der Waals surface area contributed by atoms with Crippen molar-refractivity contribution in [2.45, 2.75) is 52.5 Å². The highest BCUT2D eigenvalue weighted by atomic mass is 16.5. The van der Waals surface area contributed by atoms with Gasteiger partial charge in [0.1, 0.15) is 0 Å². The van der Waals surface area contributed by atoms with E-state index in [2.05, 4.69) is 0 Å². The number of rotatable bonds is 8. The summed E-state index contributed by atoms with van der Waals surface area (Å²) in [6, 6.07) is 5.22. The van der Waals surface area contributed by atoms with Gasteiger partial charge in [-0.05, 0) is 50.8 Å². The average Bonchev–Trinajstić information content (AvgIpc) is 2.64. The lowest BCUT2D eigenvalue weighted by Gasteiger charge is -2.36. The van der Waals surface area contributed by atoms with Crippen molar-refractivity contribution in [2.24, 2.45) is 5.92 Å². The Morgan fingerprint density at radius 2 is 1.77 bits per heavy atom. The smallest absolute Gasteiger partial charge is 0.308 e. The van der Waals surface area contributed by atoms with Crippen molar-refractivity contribution < 1.29 is 24.2 Å². The number of hydrogen-bond donors (Lipinski definition) is 1. The molecular weight excluding hydrogens is 334 g/mol. The van der Waals surface area contributed by atoms with Crippen LogP contribution in [0, 0.1) is 5.92 Å². The number of likely N-dealkylation sites (tertiary alicyclic amines) is 1. The number of carbonyl (C=O) groups excluding carboxylic acids is 1. The predicted octanol–water partition coefficient (Wildman–Crippen LogP) is 3.59. The topological polar surface area (TPSA) is 76.1 Å². The quantitative estimate of drug-likeness (QED) is 0.764. The molecular formula is C20H29NO5. The Labute approximate surface area is 155 Å². The summed E-state index contributed by atoms with van der Waals surface area (Å²) < 4.78 is 11.5. The van der Waals surface area contributed by atoms with Crippen LogP contribution in [0.15, 0.2) is 18.2 Å². The second-order valence-corrected chi connectivity index (χ2v) is 6.78. The van der Waals surface area contributed by atoms with Crippen LogP contribution in [-0.4, -0.2) is 47.7 Å². The maximum absolute atomic E-state index is 13.0. The third-order valence-electron chi connectivity index (χ3n) is 4.61. The van der Waals surface area contributed by atoms with Gasteiger partial charge in [0.25, 0.3) is 5.91 Å². The summed E-state index contributed by atoms with van der Waals surface area (Å²) in [7, 11) is 0. The summed E-state index contributed by atoms with van der Waals surface area (Å²) in [6.07, 6.45) is 3.04. The molecule has 6 heteroatoms. The summed E-state index contributed by atoms with van der Waals surface area (Å²) in [4.78, 5) is 25.9. The fourth-order valence-corrected chi connectivity index (χ4v) is 3.05. The van der Waals surface area contributed by atoms with Crippen LogP contribution in [0.25, 0.3) is 0 Å². The number of nitrogens with zero attached hydrogens (tertiary/aromatic N) is 1. The fourth-order valence-electron chi connectivity index (χ4n) is 3.05. The lowest BCUT2D eigenvalue weighted by Crippen LogP contribution is -2.47. The van der Waals surface area contributed by atoms with E-state index >= 15 is 0 Å². The van der Waals surface area contributed by atoms with Crippen LogP contribution < -0.4 is 9.47 Å². The van der Waals surface area contributed by atoms with E-state index < -0.39 is 11.9 Å². The van der Waals surface area contributed by atoms with Crippen LogP contribution in [0.1, 0.15) is 56.8 Å². The Morgan fingerprint density at radius 3 is 2.38 bits per heavy atom. The molecule has 1 aromatic carbocycles. The lowest BCUT2D eigenvalue weighted by atomic mass is 9.93. The molecule has 0 aliphatic carbocycles. The number of ether oxygens (including phenoxy) is 2. The molecule has 0 saturated carbocycles. The molecule has 1 aromatic rings. The van der Waals surface area contributed by atoms with Gasteiger partial charge in [0, 0.05) is 18.2 Å². The minimum Gasteiger partial charge on any atom is -0.490 e. The van der Waals surface area contributed by atoms with Gasteiger partial charge in [-0.3, -0.25) is 9.59 Å². The van der Waals surface area contributed by atoms with Gasteiger partial charge in [0.05, 0.1) is 19.1 Å². The Bertz CT molecular complexity index is 631. The molecule has 6 nitrogen and oxygen atoms in total. The molecule has 1 aliphatic rings. The summed E-state index contributed by atoms with van der Waals surface area (Å²) in [6.45, 7) is 7.38. The maximum atomic E-state index is 13.0. The Balaban J connectivity index is 2.22. The van der Waals surface area contributed by atoms with E-state index in [0.717, 1.165) is 12.8 Å². The largest absolute Gasteiger partial charge is 0.490 e. The SMILES string of the molecule is CCCOc1ccc(C(=O)N2CC(C(=O)O)CCC2C)cc1OCCC. The zero-order valence-electron chi connectivity index (χ0n) is 15.9. The predicted molar refractivity (Wildman–Crippen MR) is 98.9 cm³/mol. The number of carboxylic acid groups (broad SMARTS) is 1. The molecule has 2 unspecified atom stereocenters. The summed E-state index contributed by atoms with van der Waals surface area (Å²) in [5.41, 5.74) is 0.498. The van der Waals surface area contributed by atoms with Gasteiger partial charge >= 0.3 is 5.97 Å².